The summed E-state index contributed by atoms with van der Waals surface area (Å²) in [4.78, 5) is 0. The van der Waals surface area contributed by atoms with E-state index < -0.39 is 0 Å². The number of rotatable bonds is 2. The average molecular weight is 334 g/mol. The molecule has 0 amide bonds. The first kappa shape index (κ1) is 15.0. The highest BCUT2D eigenvalue weighted by molar-refractivity contribution is 6.30. The minimum atomic E-state index is -0.356. The van der Waals surface area contributed by atoms with Crippen LogP contribution in [0, 0.1) is 0 Å². The Morgan fingerprint density at radius 2 is 1.91 bits per heavy atom. The van der Waals surface area contributed by atoms with E-state index in [1.54, 1.807) is 0 Å². The molecule has 0 radical (unpaired) electrons. The van der Waals surface area contributed by atoms with E-state index in [1.807, 2.05) is 35.0 Å². The van der Waals surface area contributed by atoms with E-state index in [4.69, 9.17) is 26.8 Å². The summed E-state index contributed by atoms with van der Waals surface area (Å²) in [6.45, 7) is 1.40. The van der Waals surface area contributed by atoms with Crippen molar-refractivity contribution < 1.29 is 9.47 Å². The fraction of sp³-hybridized carbons (Fsp3) is 0.471. The quantitative estimate of drug-likeness (QED) is 0.911. The predicted octanol–water partition coefficient (Wildman–Crippen LogP) is 3.64. The van der Waals surface area contributed by atoms with E-state index in [0.717, 1.165) is 36.9 Å². The number of hydrogen-bond acceptors (Lipinski definition) is 4. The molecular formula is C17H20ClN3O2. The number of anilines is 1. The number of aromatic nitrogens is 2. The van der Waals surface area contributed by atoms with Crippen LogP contribution in [0.4, 0.5) is 5.82 Å². The molecule has 6 heteroatoms. The molecule has 1 spiro atoms. The summed E-state index contributed by atoms with van der Waals surface area (Å²) in [7, 11) is 0. The highest BCUT2D eigenvalue weighted by Gasteiger charge is 2.41. The van der Waals surface area contributed by atoms with Crippen molar-refractivity contribution in [2.45, 2.75) is 37.5 Å². The number of nitrogens with zero attached hydrogens (tertiary/aromatic N) is 2. The van der Waals surface area contributed by atoms with Crippen LogP contribution in [0.2, 0.25) is 5.02 Å². The summed E-state index contributed by atoms with van der Waals surface area (Å²) >= 11 is 6.13. The fourth-order valence-corrected chi connectivity index (χ4v) is 3.82. The SMILES string of the molecule is Nc1cc(-c2cccc(Cl)c2)n(C2CCC3(CC2)OCCO3)n1. The third kappa shape index (κ3) is 2.84. The van der Waals surface area contributed by atoms with Gasteiger partial charge >= 0.3 is 0 Å². The number of nitrogens with two attached hydrogens (primary N) is 1. The molecule has 2 aromatic rings. The molecule has 0 bridgehead atoms. The van der Waals surface area contributed by atoms with Gasteiger partial charge in [-0.1, -0.05) is 23.7 Å². The fourth-order valence-electron chi connectivity index (χ4n) is 3.63. The lowest BCUT2D eigenvalue weighted by atomic mass is 9.90. The van der Waals surface area contributed by atoms with E-state index >= 15 is 0 Å². The van der Waals surface area contributed by atoms with Crippen molar-refractivity contribution in [3.63, 3.8) is 0 Å². The molecule has 0 atom stereocenters. The van der Waals surface area contributed by atoms with Crippen LogP contribution in [0.1, 0.15) is 31.7 Å². The van der Waals surface area contributed by atoms with Gasteiger partial charge in [-0.05, 0) is 25.0 Å². The summed E-state index contributed by atoms with van der Waals surface area (Å²) in [5.41, 5.74) is 8.01. The molecule has 2 N–H and O–H groups in total. The Balaban J connectivity index is 1.60. The molecule has 1 aromatic carbocycles. The highest BCUT2D eigenvalue weighted by atomic mass is 35.5. The van der Waals surface area contributed by atoms with Gasteiger partial charge in [0.1, 0.15) is 5.82 Å². The topological polar surface area (TPSA) is 62.3 Å². The van der Waals surface area contributed by atoms with Crippen LogP contribution in [0.3, 0.4) is 0 Å². The predicted molar refractivity (Wildman–Crippen MR) is 89.2 cm³/mol. The van der Waals surface area contributed by atoms with Crippen LogP contribution in [0.15, 0.2) is 30.3 Å². The monoisotopic (exact) mass is 333 g/mol. The maximum absolute atomic E-state index is 6.13. The van der Waals surface area contributed by atoms with Gasteiger partial charge in [0.15, 0.2) is 5.79 Å². The standard InChI is InChI=1S/C17H20ClN3O2/c18-13-3-1-2-12(10-13)15-11-16(19)20-21(15)14-4-6-17(7-5-14)22-8-9-23-17/h1-3,10-11,14H,4-9H2,(H2,19,20). The van der Waals surface area contributed by atoms with Crippen molar-refractivity contribution in [1.82, 2.24) is 9.78 Å². The van der Waals surface area contributed by atoms with Gasteiger partial charge in [0.25, 0.3) is 0 Å². The van der Waals surface area contributed by atoms with Gasteiger partial charge in [-0.2, -0.15) is 5.10 Å². The molecule has 1 aliphatic carbocycles. The first-order chi connectivity index (χ1) is 11.2. The molecule has 4 rings (SSSR count). The highest BCUT2D eigenvalue weighted by Crippen LogP contribution is 2.41. The third-order valence-corrected chi connectivity index (χ3v) is 4.99. The first-order valence-electron chi connectivity index (χ1n) is 8.04. The summed E-state index contributed by atoms with van der Waals surface area (Å²) in [6, 6.07) is 10.0. The van der Waals surface area contributed by atoms with Crippen LogP contribution in [-0.2, 0) is 9.47 Å². The summed E-state index contributed by atoms with van der Waals surface area (Å²) in [6.07, 6.45) is 3.72. The lowest BCUT2D eigenvalue weighted by Gasteiger charge is -2.35. The number of halogens is 1. The number of benzene rings is 1. The van der Waals surface area contributed by atoms with Crippen molar-refractivity contribution in [2.75, 3.05) is 18.9 Å². The molecular weight excluding hydrogens is 314 g/mol. The minimum Gasteiger partial charge on any atom is -0.382 e. The number of nitrogen functional groups attached to an aromatic ring is 1. The van der Waals surface area contributed by atoms with Gasteiger partial charge in [0, 0.05) is 29.5 Å². The Hall–Kier alpha value is -1.56. The second-order valence-corrected chi connectivity index (χ2v) is 6.68. The van der Waals surface area contributed by atoms with Crippen LogP contribution < -0.4 is 5.73 Å². The van der Waals surface area contributed by atoms with Crippen LogP contribution in [-0.4, -0.2) is 28.8 Å². The van der Waals surface area contributed by atoms with Gasteiger partial charge in [-0.25, -0.2) is 0 Å². The molecule has 1 aromatic heterocycles. The number of hydrogen-bond donors (Lipinski definition) is 1. The van der Waals surface area contributed by atoms with E-state index in [0.29, 0.717) is 30.1 Å². The summed E-state index contributed by atoms with van der Waals surface area (Å²) in [5, 5.41) is 5.24. The van der Waals surface area contributed by atoms with Gasteiger partial charge in [0.2, 0.25) is 0 Å². The molecule has 1 saturated heterocycles. The molecule has 1 saturated carbocycles. The molecule has 122 valence electrons. The molecule has 23 heavy (non-hydrogen) atoms. The average Bonchev–Trinajstić information content (AvgIpc) is 3.15. The number of ether oxygens (including phenoxy) is 2. The first-order valence-corrected chi connectivity index (χ1v) is 8.42. The van der Waals surface area contributed by atoms with Gasteiger partial charge in [0.05, 0.1) is 24.9 Å². The van der Waals surface area contributed by atoms with Crippen molar-refractivity contribution in [1.29, 1.82) is 0 Å². The van der Waals surface area contributed by atoms with Crippen molar-refractivity contribution >= 4 is 17.4 Å². The van der Waals surface area contributed by atoms with Crippen LogP contribution in [0.25, 0.3) is 11.3 Å². The Kier molecular flexibility index (Phi) is 3.79. The van der Waals surface area contributed by atoms with Crippen molar-refractivity contribution in [3.8, 4) is 11.3 Å². The minimum absolute atomic E-state index is 0.305. The molecule has 1 aliphatic heterocycles. The van der Waals surface area contributed by atoms with Gasteiger partial charge in [-0.3, -0.25) is 4.68 Å². The summed E-state index contributed by atoms with van der Waals surface area (Å²) in [5.74, 6) is 0.180. The van der Waals surface area contributed by atoms with E-state index in [2.05, 4.69) is 5.10 Å². The maximum Gasteiger partial charge on any atom is 0.168 e. The van der Waals surface area contributed by atoms with E-state index in [1.165, 1.54) is 0 Å². The Bertz CT molecular complexity index is 700. The molecule has 0 unspecified atom stereocenters. The molecule has 2 heterocycles. The van der Waals surface area contributed by atoms with E-state index in [9.17, 15) is 0 Å². The van der Waals surface area contributed by atoms with Gasteiger partial charge in [-0.15, -0.1) is 0 Å². The lowest BCUT2D eigenvalue weighted by molar-refractivity contribution is -0.181. The van der Waals surface area contributed by atoms with Crippen molar-refractivity contribution in [3.05, 3.63) is 35.4 Å². The van der Waals surface area contributed by atoms with Crippen molar-refractivity contribution in [2.24, 2.45) is 0 Å². The second-order valence-electron chi connectivity index (χ2n) is 6.25. The molecule has 5 nitrogen and oxygen atoms in total. The zero-order valence-electron chi connectivity index (χ0n) is 12.9. The zero-order chi connectivity index (χ0) is 15.9. The van der Waals surface area contributed by atoms with E-state index in [-0.39, 0.29) is 5.79 Å². The molecule has 2 fully saturated rings. The Morgan fingerprint density at radius 3 is 2.61 bits per heavy atom. The largest absolute Gasteiger partial charge is 0.382 e. The summed E-state index contributed by atoms with van der Waals surface area (Å²) < 4.78 is 13.7. The van der Waals surface area contributed by atoms with Crippen LogP contribution in [0.5, 0.6) is 0 Å². The normalized spacial score (nSPS) is 21.1. The Labute approximate surface area is 140 Å². The maximum atomic E-state index is 6.13. The van der Waals surface area contributed by atoms with Gasteiger partial charge < -0.3 is 15.2 Å². The molecule has 2 aliphatic rings. The van der Waals surface area contributed by atoms with Crippen LogP contribution >= 0.6 is 11.6 Å². The zero-order valence-corrected chi connectivity index (χ0v) is 13.6. The Morgan fingerprint density at radius 1 is 1.17 bits per heavy atom. The lowest BCUT2D eigenvalue weighted by Crippen LogP contribution is -2.36. The smallest absolute Gasteiger partial charge is 0.168 e. The second kappa shape index (κ2) is 5.82. The third-order valence-electron chi connectivity index (χ3n) is 4.75.